The van der Waals surface area contributed by atoms with E-state index in [1.165, 1.54) is 5.71 Å². The lowest BCUT2D eigenvalue weighted by atomic mass is 9.97. The minimum absolute atomic E-state index is 0.389. The van der Waals surface area contributed by atoms with E-state index < -0.39 is 8.24 Å². The third kappa shape index (κ3) is 3.25. The van der Waals surface area contributed by atoms with Gasteiger partial charge >= 0.3 is 0 Å². The lowest BCUT2D eigenvalue weighted by Crippen LogP contribution is -2.40. The van der Waals surface area contributed by atoms with Crippen LogP contribution >= 0.6 is 0 Å². The third-order valence-corrected chi connectivity index (χ3v) is 4.69. The molecule has 1 aliphatic carbocycles. The molecule has 0 saturated heterocycles. The van der Waals surface area contributed by atoms with Crippen LogP contribution in [0.25, 0.3) is 0 Å². The molecule has 0 amide bonds. The van der Waals surface area contributed by atoms with Gasteiger partial charge in [0.05, 0.1) is 0 Å². The van der Waals surface area contributed by atoms with Crippen molar-refractivity contribution in [3.8, 4) is 0 Å². The first-order valence-corrected chi connectivity index (χ1v) is 8.66. The lowest BCUT2D eigenvalue weighted by molar-refractivity contribution is -0.119. The standard InChI is InChI=1S/C10H20N2OSi/c1-12(14(2,3)4)11-9-5-7-10(13)8-6-9/h5-8H2,1-4H3. The van der Waals surface area contributed by atoms with Crippen molar-refractivity contribution < 1.29 is 4.79 Å². The number of carbonyl (C=O) groups is 1. The van der Waals surface area contributed by atoms with Gasteiger partial charge in [0.1, 0.15) is 5.78 Å². The molecule has 1 rings (SSSR count). The maximum absolute atomic E-state index is 11.0. The van der Waals surface area contributed by atoms with E-state index in [9.17, 15) is 4.79 Å². The van der Waals surface area contributed by atoms with Gasteiger partial charge < -0.3 is 4.67 Å². The van der Waals surface area contributed by atoms with E-state index in [-0.39, 0.29) is 0 Å². The van der Waals surface area contributed by atoms with Gasteiger partial charge in [-0.3, -0.25) is 4.79 Å². The molecule has 0 unspecified atom stereocenters. The van der Waals surface area contributed by atoms with E-state index in [0.717, 1.165) is 12.8 Å². The molecule has 0 aromatic rings. The summed E-state index contributed by atoms with van der Waals surface area (Å²) in [6, 6.07) is 0. The Balaban J connectivity index is 2.56. The van der Waals surface area contributed by atoms with Crippen molar-refractivity contribution in [1.29, 1.82) is 0 Å². The minimum atomic E-state index is -1.30. The van der Waals surface area contributed by atoms with Crippen LogP contribution in [0, 0.1) is 0 Å². The Morgan fingerprint density at radius 3 is 2.07 bits per heavy atom. The topological polar surface area (TPSA) is 32.7 Å². The fourth-order valence-corrected chi connectivity index (χ4v) is 1.72. The molecule has 1 saturated carbocycles. The van der Waals surface area contributed by atoms with Gasteiger partial charge in [-0.2, -0.15) is 5.10 Å². The molecule has 14 heavy (non-hydrogen) atoms. The fourth-order valence-electron chi connectivity index (χ4n) is 1.28. The van der Waals surface area contributed by atoms with Gasteiger partial charge in [0.2, 0.25) is 0 Å². The number of carbonyl (C=O) groups excluding carboxylic acids is 1. The molecule has 1 aliphatic rings. The Hall–Kier alpha value is -0.643. The van der Waals surface area contributed by atoms with Crippen molar-refractivity contribution >= 4 is 19.7 Å². The van der Waals surface area contributed by atoms with Crippen LogP contribution in [-0.4, -0.2) is 31.5 Å². The monoisotopic (exact) mass is 212 g/mol. The summed E-state index contributed by atoms with van der Waals surface area (Å²) in [4.78, 5) is 11.0. The number of nitrogens with zero attached hydrogens (tertiary/aromatic N) is 2. The number of hydrogen-bond donors (Lipinski definition) is 0. The summed E-state index contributed by atoms with van der Waals surface area (Å²) < 4.78 is 2.12. The van der Waals surface area contributed by atoms with Gasteiger partial charge in [-0.05, 0) is 12.8 Å². The Bertz CT molecular complexity index is 243. The molecular formula is C10H20N2OSi. The maximum atomic E-state index is 11.0. The largest absolute Gasteiger partial charge is 0.328 e. The van der Waals surface area contributed by atoms with Crippen LogP contribution in [0.2, 0.25) is 19.6 Å². The fraction of sp³-hybridized carbons (Fsp3) is 0.800. The van der Waals surface area contributed by atoms with E-state index in [0.29, 0.717) is 18.6 Å². The highest BCUT2D eigenvalue weighted by atomic mass is 28.3. The van der Waals surface area contributed by atoms with Gasteiger partial charge in [0.25, 0.3) is 0 Å². The predicted molar refractivity (Wildman–Crippen MR) is 62.0 cm³/mol. The van der Waals surface area contributed by atoms with E-state index in [1.54, 1.807) is 0 Å². The molecule has 1 fully saturated rings. The van der Waals surface area contributed by atoms with Crippen LogP contribution in [0.1, 0.15) is 25.7 Å². The van der Waals surface area contributed by atoms with Gasteiger partial charge in [-0.1, -0.05) is 19.6 Å². The molecule has 0 aromatic heterocycles. The second-order valence-electron chi connectivity index (χ2n) is 4.90. The van der Waals surface area contributed by atoms with Gasteiger partial charge in [0, 0.05) is 25.6 Å². The van der Waals surface area contributed by atoms with Crippen LogP contribution in [0.5, 0.6) is 0 Å². The van der Waals surface area contributed by atoms with Crippen molar-refractivity contribution in [3.05, 3.63) is 0 Å². The van der Waals surface area contributed by atoms with Crippen LogP contribution in [0.4, 0.5) is 0 Å². The molecule has 0 radical (unpaired) electrons. The van der Waals surface area contributed by atoms with Crippen molar-refractivity contribution in [3.63, 3.8) is 0 Å². The lowest BCUT2D eigenvalue weighted by Gasteiger charge is -2.28. The first-order chi connectivity index (χ1) is 6.39. The summed E-state index contributed by atoms with van der Waals surface area (Å²) in [7, 11) is 0.751. The first kappa shape index (κ1) is 11.4. The molecule has 4 heteroatoms. The molecule has 0 heterocycles. The van der Waals surface area contributed by atoms with Crippen molar-refractivity contribution in [1.82, 2.24) is 4.67 Å². The second kappa shape index (κ2) is 4.25. The molecule has 0 N–H and O–H groups in total. The second-order valence-corrected chi connectivity index (χ2v) is 9.89. The summed E-state index contributed by atoms with van der Waals surface area (Å²) >= 11 is 0. The highest BCUT2D eigenvalue weighted by molar-refractivity contribution is 6.73. The van der Waals surface area contributed by atoms with Gasteiger partial charge in [-0.25, -0.2) is 0 Å². The predicted octanol–water partition coefficient (Wildman–Crippen LogP) is 2.25. The molecule has 0 bridgehead atoms. The molecule has 3 nitrogen and oxygen atoms in total. The van der Waals surface area contributed by atoms with Crippen molar-refractivity contribution in [2.24, 2.45) is 5.10 Å². The summed E-state index contributed by atoms with van der Waals surface area (Å²) in [5, 5.41) is 4.60. The molecule has 0 aliphatic heterocycles. The SMILES string of the molecule is CN(N=C1CCC(=O)CC1)[Si](C)(C)C. The minimum Gasteiger partial charge on any atom is -0.328 e. The summed E-state index contributed by atoms with van der Waals surface area (Å²) in [5.74, 6) is 0.389. The smallest absolute Gasteiger partial charge is 0.168 e. The van der Waals surface area contributed by atoms with Crippen molar-refractivity contribution in [2.75, 3.05) is 7.05 Å². The van der Waals surface area contributed by atoms with E-state index >= 15 is 0 Å². The number of rotatable bonds is 2. The molecule has 0 atom stereocenters. The van der Waals surface area contributed by atoms with Crippen LogP contribution in [0.3, 0.4) is 0 Å². The Labute approximate surface area is 87.3 Å². The summed E-state index contributed by atoms with van der Waals surface area (Å²) in [6.07, 6.45) is 3.12. The highest BCUT2D eigenvalue weighted by Gasteiger charge is 2.21. The third-order valence-electron chi connectivity index (χ3n) is 2.65. The zero-order valence-electron chi connectivity index (χ0n) is 9.63. The first-order valence-electron chi connectivity index (χ1n) is 5.21. The van der Waals surface area contributed by atoms with Crippen LogP contribution in [0.15, 0.2) is 5.10 Å². The Kier molecular flexibility index (Phi) is 3.47. The molecule has 0 aromatic carbocycles. The van der Waals surface area contributed by atoms with E-state index in [4.69, 9.17) is 0 Å². The van der Waals surface area contributed by atoms with Gasteiger partial charge in [-0.15, -0.1) is 0 Å². The normalized spacial score (nSPS) is 18.3. The van der Waals surface area contributed by atoms with Gasteiger partial charge in [0.15, 0.2) is 8.24 Å². The molecule has 0 spiro atoms. The summed E-state index contributed by atoms with van der Waals surface area (Å²) in [5.41, 5.74) is 1.20. The molecular weight excluding hydrogens is 192 g/mol. The number of ketones is 1. The van der Waals surface area contributed by atoms with Crippen LogP contribution in [-0.2, 0) is 4.79 Å². The summed E-state index contributed by atoms with van der Waals surface area (Å²) in [6.45, 7) is 6.81. The average Bonchev–Trinajstić information content (AvgIpc) is 2.07. The highest BCUT2D eigenvalue weighted by Crippen LogP contribution is 2.14. The van der Waals surface area contributed by atoms with Crippen LogP contribution < -0.4 is 0 Å². The zero-order valence-corrected chi connectivity index (χ0v) is 10.6. The number of hydrogen-bond acceptors (Lipinski definition) is 3. The Morgan fingerprint density at radius 1 is 1.14 bits per heavy atom. The molecule has 80 valence electrons. The Morgan fingerprint density at radius 2 is 1.64 bits per heavy atom. The average molecular weight is 212 g/mol. The quantitative estimate of drug-likeness (QED) is 0.519. The number of Topliss-reactive ketones (excluding diaryl/α,β-unsaturated/α-hetero) is 1. The van der Waals surface area contributed by atoms with E-state index in [1.807, 2.05) is 0 Å². The zero-order chi connectivity index (χ0) is 10.8. The maximum Gasteiger partial charge on any atom is 0.168 e. The van der Waals surface area contributed by atoms with Crippen molar-refractivity contribution in [2.45, 2.75) is 45.3 Å². The number of hydrazone groups is 1. The van der Waals surface area contributed by atoms with E-state index in [2.05, 4.69) is 36.5 Å².